The first-order chi connectivity index (χ1) is 11.3. The lowest BCUT2D eigenvalue weighted by Gasteiger charge is -2.17. The number of rotatable bonds is 18. The van der Waals surface area contributed by atoms with Crippen LogP contribution in [0.5, 0.6) is 0 Å². The van der Waals surface area contributed by atoms with Gasteiger partial charge in [0.2, 0.25) is 0 Å². The Labute approximate surface area is 174 Å². The van der Waals surface area contributed by atoms with Crippen molar-refractivity contribution in [1.82, 2.24) is 0 Å². The van der Waals surface area contributed by atoms with Gasteiger partial charge in [0.15, 0.2) is 0 Å². The molecule has 0 saturated carbocycles. The maximum absolute atomic E-state index is 8.75. The number of thiol groups is 2. The van der Waals surface area contributed by atoms with Gasteiger partial charge >= 0.3 is 0 Å². The third kappa shape index (κ3) is 17.5. The molecule has 0 aromatic heterocycles. The summed E-state index contributed by atoms with van der Waals surface area (Å²) in [5.41, 5.74) is 0. The van der Waals surface area contributed by atoms with E-state index in [2.05, 4.69) is 25.3 Å². The van der Waals surface area contributed by atoms with Crippen LogP contribution in [0.15, 0.2) is 0 Å². The third-order valence-corrected chi connectivity index (χ3v) is 10.7. The first-order valence-corrected chi connectivity index (χ1v) is 14.5. The van der Waals surface area contributed by atoms with Crippen LogP contribution in [0.3, 0.4) is 0 Å². The van der Waals surface area contributed by atoms with E-state index in [4.69, 9.17) is 10.2 Å². The van der Waals surface area contributed by atoms with Crippen LogP contribution < -0.4 is 0 Å². The highest BCUT2D eigenvalue weighted by molar-refractivity contribution is 8.06. The van der Waals surface area contributed by atoms with Crippen molar-refractivity contribution in [2.45, 2.75) is 10.5 Å². The quantitative estimate of drug-likeness (QED) is 0.187. The molecule has 0 amide bonds. The summed E-state index contributed by atoms with van der Waals surface area (Å²) in [5.74, 6) is 10.4. The van der Waals surface area contributed by atoms with Crippen molar-refractivity contribution in [1.29, 1.82) is 0 Å². The Kier molecular flexibility index (Phi) is 22.8. The second kappa shape index (κ2) is 20.7. The van der Waals surface area contributed by atoms with Crippen LogP contribution in [0.2, 0.25) is 0 Å². The van der Waals surface area contributed by atoms with Gasteiger partial charge < -0.3 is 10.2 Å². The van der Waals surface area contributed by atoms with Gasteiger partial charge in [-0.05, 0) is 0 Å². The smallest absolute Gasteiger partial charge is 0.0521 e. The Morgan fingerprint density at radius 3 is 1.39 bits per heavy atom. The van der Waals surface area contributed by atoms with E-state index in [0.717, 1.165) is 57.5 Å². The molecule has 0 aliphatic carbocycles. The fraction of sp³-hybridized carbons (Fsp3) is 1.00. The van der Waals surface area contributed by atoms with E-state index in [1.807, 2.05) is 58.8 Å². The van der Waals surface area contributed by atoms with Crippen LogP contribution in [-0.2, 0) is 0 Å². The Hall–Kier alpha value is 2.37. The Bertz CT molecular complexity index is 215. The SMILES string of the molecule is OCCSCCSC(CS)CSCC(CS)SCCSCCO. The summed E-state index contributed by atoms with van der Waals surface area (Å²) in [7, 11) is 0. The molecule has 0 aliphatic rings. The minimum Gasteiger partial charge on any atom is -0.396 e. The van der Waals surface area contributed by atoms with Crippen LogP contribution in [0, 0.1) is 0 Å². The van der Waals surface area contributed by atoms with Crippen molar-refractivity contribution in [3.63, 3.8) is 0 Å². The number of aliphatic hydroxyl groups excluding tert-OH is 2. The maximum atomic E-state index is 8.75. The predicted molar refractivity (Wildman–Crippen MR) is 126 cm³/mol. The number of hydrogen-bond acceptors (Lipinski definition) is 9. The second-order valence-corrected chi connectivity index (χ2v) is 11.6. The molecule has 0 aromatic carbocycles. The van der Waals surface area contributed by atoms with Crippen LogP contribution >= 0.6 is 84.1 Å². The minimum atomic E-state index is 0.280. The van der Waals surface area contributed by atoms with Gasteiger partial charge in [0.1, 0.15) is 0 Å². The molecule has 2 N–H and O–H groups in total. The van der Waals surface area contributed by atoms with E-state index in [1.165, 1.54) is 0 Å². The van der Waals surface area contributed by atoms with E-state index in [1.54, 1.807) is 0 Å². The fourth-order valence-electron chi connectivity index (χ4n) is 1.52. The summed E-state index contributed by atoms with van der Waals surface area (Å²) in [5, 5.41) is 18.7. The van der Waals surface area contributed by atoms with E-state index in [-0.39, 0.29) is 13.2 Å². The van der Waals surface area contributed by atoms with Crippen LogP contribution in [0.25, 0.3) is 0 Å². The molecule has 23 heavy (non-hydrogen) atoms. The largest absolute Gasteiger partial charge is 0.396 e. The standard InChI is InChI=1S/C14H30O2S7/c15-1-3-19-5-7-22-13(9-17)11-21-12-14(10-18)23-8-6-20-4-2-16/h13-18H,1-12H2. The fourth-order valence-corrected chi connectivity index (χ4v) is 8.26. The van der Waals surface area contributed by atoms with E-state index in [9.17, 15) is 0 Å². The van der Waals surface area contributed by atoms with Gasteiger partial charge in [-0.15, -0.1) is 0 Å². The zero-order valence-electron chi connectivity index (χ0n) is 13.5. The summed E-state index contributed by atoms with van der Waals surface area (Å²) in [6.07, 6.45) is 0. The summed E-state index contributed by atoms with van der Waals surface area (Å²) < 4.78 is 0. The number of aliphatic hydroxyl groups is 2. The van der Waals surface area contributed by atoms with Gasteiger partial charge in [0.25, 0.3) is 0 Å². The summed E-state index contributed by atoms with van der Waals surface area (Å²) in [6, 6.07) is 0. The Morgan fingerprint density at radius 2 is 1.04 bits per heavy atom. The molecule has 0 saturated heterocycles. The van der Waals surface area contributed by atoms with Gasteiger partial charge in [0.05, 0.1) is 13.2 Å². The normalized spacial score (nSPS) is 14.1. The molecule has 9 heteroatoms. The summed E-state index contributed by atoms with van der Waals surface area (Å²) in [6.45, 7) is 0.560. The van der Waals surface area contributed by atoms with Crippen molar-refractivity contribution in [3.05, 3.63) is 0 Å². The van der Waals surface area contributed by atoms with Crippen molar-refractivity contribution in [3.8, 4) is 0 Å². The highest BCUT2D eigenvalue weighted by Crippen LogP contribution is 2.23. The molecular weight excluding hydrogens is 425 g/mol. The molecule has 0 heterocycles. The van der Waals surface area contributed by atoms with Crippen LogP contribution in [-0.4, -0.2) is 91.5 Å². The van der Waals surface area contributed by atoms with Crippen molar-refractivity contribution in [2.24, 2.45) is 0 Å². The molecule has 2 atom stereocenters. The first kappa shape index (κ1) is 25.4. The second-order valence-electron chi connectivity index (χ2n) is 4.56. The molecule has 0 radical (unpaired) electrons. The van der Waals surface area contributed by atoms with E-state index < -0.39 is 0 Å². The molecule has 0 aliphatic heterocycles. The average molecular weight is 455 g/mol. The van der Waals surface area contributed by atoms with Gasteiger partial charge in [-0.1, -0.05) is 0 Å². The minimum absolute atomic E-state index is 0.280. The van der Waals surface area contributed by atoms with Gasteiger partial charge in [-0.2, -0.15) is 84.1 Å². The molecular formula is C14H30O2S7. The average Bonchev–Trinajstić information content (AvgIpc) is 2.58. The van der Waals surface area contributed by atoms with Gasteiger partial charge in [-0.25, -0.2) is 0 Å². The summed E-state index contributed by atoms with van der Waals surface area (Å²) >= 11 is 18.6. The van der Waals surface area contributed by atoms with E-state index in [0.29, 0.717) is 10.5 Å². The lowest BCUT2D eigenvalue weighted by Crippen LogP contribution is -2.15. The zero-order chi connectivity index (χ0) is 17.2. The lowest BCUT2D eigenvalue weighted by atomic mass is 10.5. The topological polar surface area (TPSA) is 40.5 Å². The molecule has 140 valence electrons. The molecule has 0 spiro atoms. The highest BCUT2D eigenvalue weighted by atomic mass is 32.2. The molecule has 0 bridgehead atoms. The van der Waals surface area contributed by atoms with Crippen LogP contribution in [0.1, 0.15) is 0 Å². The Balaban J connectivity index is 3.63. The zero-order valence-corrected chi connectivity index (χ0v) is 19.3. The monoisotopic (exact) mass is 454 g/mol. The molecule has 0 fully saturated rings. The molecule has 0 rings (SSSR count). The molecule has 2 nitrogen and oxygen atoms in total. The first-order valence-electron chi connectivity index (χ1n) is 7.68. The van der Waals surface area contributed by atoms with Crippen molar-refractivity contribution in [2.75, 3.05) is 70.7 Å². The predicted octanol–water partition coefficient (Wildman–Crippen LogP) is 3.23. The lowest BCUT2D eigenvalue weighted by molar-refractivity contribution is 0.322. The van der Waals surface area contributed by atoms with Gasteiger partial charge in [0, 0.05) is 68.0 Å². The molecule has 2 unspecified atom stereocenters. The van der Waals surface area contributed by atoms with Crippen molar-refractivity contribution < 1.29 is 10.2 Å². The van der Waals surface area contributed by atoms with Crippen molar-refractivity contribution >= 4 is 84.1 Å². The third-order valence-electron chi connectivity index (χ3n) is 2.65. The molecule has 0 aromatic rings. The summed E-state index contributed by atoms with van der Waals surface area (Å²) in [4.78, 5) is 0. The number of hydrogen-bond donors (Lipinski definition) is 4. The van der Waals surface area contributed by atoms with Crippen LogP contribution in [0.4, 0.5) is 0 Å². The maximum Gasteiger partial charge on any atom is 0.0521 e. The van der Waals surface area contributed by atoms with Gasteiger partial charge in [-0.3, -0.25) is 0 Å². The van der Waals surface area contributed by atoms with E-state index >= 15 is 0 Å². The Morgan fingerprint density at radius 1 is 0.609 bits per heavy atom. The highest BCUT2D eigenvalue weighted by Gasteiger charge is 2.11. The number of thioether (sulfide) groups is 5.